The number of anilines is 1. The van der Waals surface area contributed by atoms with Crippen LogP contribution in [0, 0.1) is 0 Å². The molecule has 0 spiro atoms. The highest BCUT2D eigenvalue weighted by molar-refractivity contribution is 6.10. The molecule has 0 bridgehead atoms. The largest absolute Gasteiger partial charge is 0.320 e. The lowest BCUT2D eigenvalue weighted by molar-refractivity contribution is -0.112. The molecule has 1 amide bonds. The Kier molecular flexibility index (Phi) is 4.55. The molecule has 6 heteroatoms. The Labute approximate surface area is 136 Å². The number of benzene rings is 1. The molecule has 0 aromatic heterocycles. The SMILES string of the molecule is CCN(CC)N1C=CC2=NC(C(=O)Nc3ccccc3)=C[N+]2C1. The van der Waals surface area contributed by atoms with E-state index in [0.29, 0.717) is 12.4 Å². The van der Waals surface area contributed by atoms with E-state index in [-0.39, 0.29) is 5.91 Å². The minimum Gasteiger partial charge on any atom is -0.320 e. The summed E-state index contributed by atoms with van der Waals surface area (Å²) in [7, 11) is 0. The molecule has 1 aromatic rings. The number of aliphatic imine (C=N–C) groups is 1. The number of nitrogens with one attached hydrogen (secondary N) is 1. The maximum absolute atomic E-state index is 12.3. The first-order valence-corrected chi connectivity index (χ1v) is 7.84. The molecule has 119 valence electrons. The number of carbonyl (C=O) groups is 1. The Balaban J connectivity index is 1.69. The molecule has 0 aliphatic carbocycles. The van der Waals surface area contributed by atoms with Gasteiger partial charge < -0.3 is 5.32 Å². The number of carbonyl (C=O) groups excluding carboxylic acids is 1. The fraction of sp³-hybridized carbons (Fsp3) is 0.294. The summed E-state index contributed by atoms with van der Waals surface area (Å²) in [6, 6.07) is 9.40. The van der Waals surface area contributed by atoms with Crippen molar-refractivity contribution in [3.8, 4) is 0 Å². The molecular weight excluding hydrogens is 290 g/mol. The van der Waals surface area contributed by atoms with Gasteiger partial charge in [-0.05, 0) is 12.1 Å². The van der Waals surface area contributed by atoms with Crippen LogP contribution in [0.4, 0.5) is 5.69 Å². The van der Waals surface area contributed by atoms with Crippen LogP contribution in [-0.2, 0) is 4.79 Å². The van der Waals surface area contributed by atoms with Crippen LogP contribution >= 0.6 is 0 Å². The maximum Gasteiger partial charge on any atom is 0.285 e. The number of nitrogens with zero attached hydrogens (tertiary/aromatic N) is 4. The van der Waals surface area contributed by atoms with Gasteiger partial charge in [0.05, 0.1) is 0 Å². The number of amidine groups is 1. The molecule has 3 rings (SSSR count). The van der Waals surface area contributed by atoms with Gasteiger partial charge in [-0.2, -0.15) is 4.99 Å². The summed E-state index contributed by atoms with van der Waals surface area (Å²) in [6.45, 7) is 6.79. The Morgan fingerprint density at radius 1 is 1.30 bits per heavy atom. The van der Waals surface area contributed by atoms with Gasteiger partial charge in [0.2, 0.25) is 6.67 Å². The zero-order valence-corrected chi connectivity index (χ0v) is 13.4. The number of hydrogen-bond donors (Lipinski definition) is 1. The number of para-hydroxylation sites is 1. The van der Waals surface area contributed by atoms with Gasteiger partial charge in [0.1, 0.15) is 0 Å². The van der Waals surface area contributed by atoms with Crippen LogP contribution in [0.2, 0.25) is 0 Å². The molecule has 1 aromatic carbocycles. The van der Waals surface area contributed by atoms with E-state index in [4.69, 9.17) is 0 Å². The van der Waals surface area contributed by atoms with Crippen LogP contribution in [0.15, 0.2) is 59.5 Å². The average molecular weight is 311 g/mol. The molecular formula is C17H21N5O+. The molecule has 0 saturated carbocycles. The number of fused-ring (bicyclic) bond motifs is 1. The van der Waals surface area contributed by atoms with E-state index < -0.39 is 0 Å². The lowest BCUT2D eigenvalue weighted by Gasteiger charge is -2.32. The number of hydrogen-bond acceptors (Lipinski definition) is 5. The second-order valence-corrected chi connectivity index (χ2v) is 5.31. The molecule has 1 radical (unpaired) electrons. The minimum absolute atomic E-state index is 0.194. The average Bonchev–Trinajstić information content (AvgIpc) is 3.00. The van der Waals surface area contributed by atoms with E-state index in [1.807, 2.05) is 47.5 Å². The second kappa shape index (κ2) is 6.76. The molecule has 6 nitrogen and oxygen atoms in total. The van der Waals surface area contributed by atoms with Gasteiger partial charge in [0.15, 0.2) is 11.9 Å². The summed E-state index contributed by atoms with van der Waals surface area (Å²) >= 11 is 0. The van der Waals surface area contributed by atoms with E-state index >= 15 is 0 Å². The predicted octanol–water partition coefficient (Wildman–Crippen LogP) is 2.06. The van der Waals surface area contributed by atoms with Gasteiger partial charge in [0.25, 0.3) is 11.7 Å². The van der Waals surface area contributed by atoms with E-state index in [1.165, 1.54) is 0 Å². The van der Waals surface area contributed by atoms with Gasteiger partial charge in [-0.15, -0.1) is 0 Å². The van der Waals surface area contributed by atoms with Gasteiger partial charge in [-0.3, -0.25) is 9.80 Å². The van der Waals surface area contributed by atoms with Crippen molar-refractivity contribution in [2.45, 2.75) is 13.8 Å². The smallest absolute Gasteiger partial charge is 0.285 e. The van der Waals surface area contributed by atoms with Crippen LogP contribution < -0.4 is 10.2 Å². The lowest BCUT2D eigenvalue weighted by Crippen LogP contribution is -2.49. The first-order valence-electron chi connectivity index (χ1n) is 7.84. The highest BCUT2D eigenvalue weighted by atomic mass is 16.2. The predicted molar refractivity (Wildman–Crippen MR) is 91.5 cm³/mol. The first kappa shape index (κ1) is 15.5. The molecule has 2 aliphatic rings. The molecule has 2 aliphatic heterocycles. The number of rotatable bonds is 5. The maximum atomic E-state index is 12.3. The van der Waals surface area contributed by atoms with Crippen LogP contribution in [0.25, 0.3) is 0 Å². The Bertz CT molecular complexity index is 661. The van der Waals surface area contributed by atoms with Crippen molar-refractivity contribution < 1.29 is 4.79 Å². The molecule has 1 N–H and O–H groups in total. The minimum atomic E-state index is -0.194. The monoisotopic (exact) mass is 311 g/mol. The summed E-state index contributed by atoms with van der Waals surface area (Å²) in [5.74, 6) is 0.604. The van der Waals surface area contributed by atoms with Crippen LogP contribution in [-0.4, -0.2) is 41.5 Å². The summed E-state index contributed by atoms with van der Waals surface area (Å²) in [5, 5.41) is 7.22. The fourth-order valence-corrected chi connectivity index (χ4v) is 2.63. The van der Waals surface area contributed by atoms with Gasteiger partial charge >= 0.3 is 0 Å². The zero-order chi connectivity index (χ0) is 16.2. The fourth-order valence-electron chi connectivity index (χ4n) is 2.63. The van der Waals surface area contributed by atoms with E-state index in [1.54, 1.807) is 6.20 Å². The number of amides is 1. The van der Waals surface area contributed by atoms with E-state index in [0.717, 1.165) is 24.6 Å². The van der Waals surface area contributed by atoms with Crippen molar-refractivity contribution in [2.75, 3.05) is 25.1 Å². The third kappa shape index (κ3) is 3.33. The van der Waals surface area contributed by atoms with Crippen molar-refractivity contribution >= 4 is 17.4 Å². The summed E-state index contributed by atoms with van der Waals surface area (Å²) in [6.07, 6.45) is 5.74. The standard InChI is InChI=1S/C17H21N5O/c1-3-21(4-2)22-11-10-16-19-15(12-20(16)13-22)17(23)18-14-8-6-5-7-9-14/h5-12H,3-4,13H2,1-2H3,(H,18,23)/q+1. The highest BCUT2D eigenvalue weighted by Gasteiger charge is 2.35. The van der Waals surface area contributed by atoms with Gasteiger partial charge in [-0.1, -0.05) is 36.9 Å². The van der Waals surface area contributed by atoms with Crippen molar-refractivity contribution in [1.29, 1.82) is 0 Å². The van der Waals surface area contributed by atoms with Gasteiger partial charge in [0, 0.05) is 31.1 Å². The molecule has 23 heavy (non-hydrogen) atoms. The molecule has 0 atom stereocenters. The van der Waals surface area contributed by atoms with Crippen molar-refractivity contribution in [2.24, 2.45) is 4.99 Å². The van der Waals surface area contributed by atoms with Crippen LogP contribution in [0.3, 0.4) is 0 Å². The Morgan fingerprint density at radius 3 is 2.74 bits per heavy atom. The quantitative estimate of drug-likeness (QED) is 0.847. The molecule has 2 heterocycles. The van der Waals surface area contributed by atoms with Crippen molar-refractivity contribution in [3.05, 3.63) is 54.5 Å². The molecule has 0 unspecified atom stereocenters. The third-order valence-corrected chi connectivity index (χ3v) is 3.86. The van der Waals surface area contributed by atoms with Crippen molar-refractivity contribution in [3.63, 3.8) is 0 Å². The van der Waals surface area contributed by atoms with Crippen LogP contribution in [0.1, 0.15) is 13.8 Å². The van der Waals surface area contributed by atoms with E-state index in [9.17, 15) is 4.79 Å². The Morgan fingerprint density at radius 2 is 2.04 bits per heavy atom. The normalized spacial score (nSPS) is 17.1. The molecule has 0 saturated heterocycles. The highest BCUT2D eigenvalue weighted by Crippen LogP contribution is 2.18. The van der Waals surface area contributed by atoms with Gasteiger partial charge in [-0.25, -0.2) is 5.01 Å². The number of hydrazine groups is 1. The summed E-state index contributed by atoms with van der Waals surface area (Å²) in [4.78, 5) is 18.7. The Hall–Kier alpha value is -2.44. The van der Waals surface area contributed by atoms with E-state index in [2.05, 4.69) is 34.2 Å². The van der Waals surface area contributed by atoms with Crippen molar-refractivity contribution in [1.82, 2.24) is 14.9 Å². The van der Waals surface area contributed by atoms with Crippen LogP contribution in [0.5, 0.6) is 0 Å². The topological polar surface area (TPSA) is 53.8 Å². The summed E-state index contributed by atoms with van der Waals surface area (Å²) < 4.78 is 0. The molecule has 0 fully saturated rings. The zero-order valence-electron chi connectivity index (χ0n) is 13.4. The summed E-state index contributed by atoms with van der Waals surface area (Å²) in [5.41, 5.74) is 1.19. The second-order valence-electron chi connectivity index (χ2n) is 5.31. The first-order chi connectivity index (χ1) is 11.2. The lowest BCUT2D eigenvalue weighted by atomic mass is 10.3. The third-order valence-electron chi connectivity index (χ3n) is 3.86.